The van der Waals surface area contributed by atoms with Crippen molar-refractivity contribution in [2.45, 2.75) is 94.2 Å². The molecule has 53 heavy (non-hydrogen) atoms. The predicted molar refractivity (Wildman–Crippen MR) is 200 cm³/mol. The molecule has 0 saturated carbocycles. The van der Waals surface area contributed by atoms with Crippen LogP contribution in [-0.2, 0) is 37.3 Å². The van der Waals surface area contributed by atoms with E-state index in [2.05, 4.69) is 29.9 Å². The highest BCUT2D eigenvalue weighted by Gasteiger charge is 2.36. The number of sulfone groups is 1. The second-order valence-corrected chi connectivity index (χ2v) is 23.3. The zero-order valence-corrected chi connectivity index (χ0v) is 32.8. The van der Waals surface area contributed by atoms with Crippen molar-refractivity contribution >= 4 is 40.9 Å². The SMILES string of the molecule is CC(C)(C)OC(=O)N[C@@H](Cc1cc(F)c(Oc2ccnc3c2ccn3COCC[Si](C)(C)C)c(F)c1)C(=O)N1CCC(S(=O)(=O)c2ccccc2)CC1. The van der Waals surface area contributed by atoms with Crippen LogP contribution < -0.4 is 10.1 Å². The molecule has 2 aromatic heterocycles. The summed E-state index contributed by atoms with van der Waals surface area (Å²) in [7, 11) is -4.87. The van der Waals surface area contributed by atoms with E-state index in [1.165, 1.54) is 17.2 Å². The van der Waals surface area contributed by atoms with Crippen LogP contribution in [0.15, 0.2) is 71.9 Å². The van der Waals surface area contributed by atoms with E-state index in [9.17, 15) is 18.0 Å². The van der Waals surface area contributed by atoms with Gasteiger partial charge in [0.05, 0.1) is 15.5 Å². The lowest BCUT2D eigenvalue weighted by atomic mass is 10.0. The third-order valence-electron chi connectivity index (χ3n) is 8.81. The van der Waals surface area contributed by atoms with Gasteiger partial charge in [0.15, 0.2) is 27.2 Å². The maximum Gasteiger partial charge on any atom is 0.408 e. The first-order valence-corrected chi connectivity index (χ1v) is 22.9. The van der Waals surface area contributed by atoms with E-state index in [0.29, 0.717) is 17.6 Å². The van der Waals surface area contributed by atoms with Crippen LogP contribution in [0, 0.1) is 11.6 Å². The molecule has 11 nitrogen and oxygen atoms in total. The second-order valence-electron chi connectivity index (χ2n) is 15.5. The topological polar surface area (TPSA) is 129 Å². The molecule has 15 heteroatoms. The van der Waals surface area contributed by atoms with E-state index in [1.54, 1.807) is 67.9 Å². The number of fused-ring (bicyclic) bond motifs is 1. The summed E-state index contributed by atoms with van der Waals surface area (Å²) >= 11 is 0. The number of nitrogens with zero attached hydrogens (tertiary/aromatic N) is 3. The summed E-state index contributed by atoms with van der Waals surface area (Å²) in [6.45, 7) is 12.9. The molecule has 5 rings (SSSR count). The van der Waals surface area contributed by atoms with Crippen molar-refractivity contribution in [3.63, 3.8) is 0 Å². The summed E-state index contributed by atoms with van der Waals surface area (Å²) in [6, 6.07) is 13.3. The Morgan fingerprint density at radius 1 is 1.02 bits per heavy atom. The number of alkyl carbamates (subject to hydrolysis) is 1. The average Bonchev–Trinajstić information content (AvgIpc) is 3.50. The van der Waals surface area contributed by atoms with Gasteiger partial charge in [0.1, 0.15) is 29.8 Å². The van der Waals surface area contributed by atoms with Crippen molar-refractivity contribution in [1.82, 2.24) is 19.8 Å². The predicted octanol–water partition coefficient (Wildman–Crippen LogP) is 7.32. The number of carbonyl (C=O) groups excluding carboxylic acids is 2. The Balaban J connectivity index is 1.31. The molecule has 0 aliphatic carbocycles. The number of rotatable bonds is 13. The average molecular weight is 771 g/mol. The minimum atomic E-state index is -3.61. The molecule has 0 spiro atoms. The van der Waals surface area contributed by atoms with Gasteiger partial charge >= 0.3 is 6.09 Å². The molecule has 3 heterocycles. The molecule has 2 aromatic carbocycles. The van der Waals surface area contributed by atoms with E-state index in [1.807, 2.05) is 0 Å². The van der Waals surface area contributed by atoms with Gasteiger partial charge in [-0.1, -0.05) is 37.8 Å². The standard InChI is InChI=1S/C38H48F2N4O7SSi/c1-38(2,3)51-37(46)42-32(36(45)43-17-13-28(14-18-43)52(47,48)27-10-8-7-9-11-27)24-26-22-30(39)34(31(40)23-26)50-33-12-16-41-35-29(33)15-19-44(35)25-49-20-21-53(4,5)6/h7-12,15-16,19,22-23,28,32H,13-14,17-18,20-21,24-25H2,1-6H3,(H,42,46)/t32-/m0/s1. The molecule has 1 aliphatic heterocycles. The number of hydrogen-bond acceptors (Lipinski definition) is 8. The zero-order chi connectivity index (χ0) is 38.6. The van der Waals surface area contributed by atoms with Crippen molar-refractivity contribution in [2.75, 3.05) is 19.7 Å². The van der Waals surface area contributed by atoms with Crippen LogP contribution in [0.5, 0.6) is 11.5 Å². The molecular weight excluding hydrogens is 723 g/mol. The highest BCUT2D eigenvalue weighted by Crippen LogP contribution is 2.34. The van der Waals surface area contributed by atoms with Crippen LogP contribution in [0.25, 0.3) is 11.0 Å². The molecule has 0 unspecified atom stereocenters. The van der Waals surface area contributed by atoms with Gasteiger partial charge in [0.25, 0.3) is 0 Å². The molecule has 1 fully saturated rings. The number of carbonyl (C=O) groups is 2. The van der Waals surface area contributed by atoms with Crippen LogP contribution in [0.1, 0.15) is 39.2 Å². The van der Waals surface area contributed by atoms with Gasteiger partial charge in [-0.25, -0.2) is 27.0 Å². The lowest BCUT2D eigenvalue weighted by Gasteiger charge is -2.34. The molecule has 4 aromatic rings. The van der Waals surface area contributed by atoms with Gasteiger partial charge in [0, 0.05) is 46.6 Å². The maximum atomic E-state index is 15.6. The number of pyridine rings is 1. The Kier molecular flexibility index (Phi) is 12.3. The van der Waals surface area contributed by atoms with E-state index >= 15 is 8.78 Å². The fraction of sp³-hybridized carbons (Fsp3) is 0.447. The summed E-state index contributed by atoms with van der Waals surface area (Å²) < 4.78 is 76.4. The fourth-order valence-corrected chi connectivity index (χ4v) is 8.54. The molecule has 1 N–H and O–H groups in total. The van der Waals surface area contributed by atoms with Gasteiger partial charge in [-0.05, 0) is 81.6 Å². The monoisotopic (exact) mass is 770 g/mol. The summed E-state index contributed by atoms with van der Waals surface area (Å²) in [6.07, 6.45) is 2.49. The smallest absolute Gasteiger partial charge is 0.408 e. The molecule has 1 atom stereocenters. The number of hydrogen-bond donors (Lipinski definition) is 1. The lowest BCUT2D eigenvalue weighted by molar-refractivity contribution is -0.134. The first kappa shape index (κ1) is 39.9. The fourth-order valence-electron chi connectivity index (χ4n) is 6.03. The van der Waals surface area contributed by atoms with E-state index in [-0.39, 0.29) is 55.3 Å². The summed E-state index contributed by atoms with van der Waals surface area (Å²) in [5.74, 6) is -2.98. The Morgan fingerprint density at radius 3 is 2.30 bits per heavy atom. The molecule has 0 radical (unpaired) electrons. The van der Waals surface area contributed by atoms with Gasteiger partial charge in [-0.15, -0.1) is 0 Å². The number of ether oxygens (including phenoxy) is 3. The van der Waals surface area contributed by atoms with Crippen LogP contribution in [0.4, 0.5) is 13.6 Å². The molecular formula is C38H48F2N4O7SSi. The molecule has 1 saturated heterocycles. The van der Waals surface area contributed by atoms with Crippen LogP contribution in [-0.4, -0.2) is 79.5 Å². The molecule has 286 valence electrons. The highest BCUT2D eigenvalue weighted by molar-refractivity contribution is 7.92. The minimum Gasteiger partial charge on any atom is -0.450 e. The van der Waals surface area contributed by atoms with Crippen LogP contribution >= 0.6 is 0 Å². The Bertz CT molecular complexity index is 2000. The molecule has 0 bridgehead atoms. The second kappa shape index (κ2) is 16.3. The molecule has 2 amide bonds. The van der Waals surface area contributed by atoms with Gasteiger partial charge in [0.2, 0.25) is 5.91 Å². The Hall–Kier alpha value is -4.34. The summed E-state index contributed by atoms with van der Waals surface area (Å²) in [5.41, 5.74) is -0.256. The number of aromatic nitrogens is 2. The first-order valence-electron chi connectivity index (χ1n) is 17.7. The zero-order valence-electron chi connectivity index (χ0n) is 31.0. The van der Waals surface area contributed by atoms with Gasteiger partial charge in [-0.3, -0.25) is 4.79 Å². The Morgan fingerprint density at radius 2 is 1.68 bits per heavy atom. The number of nitrogens with one attached hydrogen (secondary N) is 1. The van der Waals surface area contributed by atoms with Gasteiger partial charge in [-0.2, -0.15) is 0 Å². The van der Waals surface area contributed by atoms with E-state index in [0.717, 1.165) is 18.2 Å². The Labute approximate surface area is 310 Å². The number of amides is 2. The molecule has 1 aliphatic rings. The van der Waals surface area contributed by atoms with E-state index < -0.39 is 64.2 Å². The number of likely N-dealkylation sites (tertiary alicyclic amines) is 1. The van der Waals surface area contributed by atoms with E-state index in [4.69, 9.17) is 14.2 Å². The van der Waals surface area contributed by atoms with Crippen molar-refractivity contribution in [1.29, 1.82) is 0 Å². The number of benzene rings is 2. The lowest BCUT2D eigenvalue weighted by Crippen LogP contribution is -2.53. The van der Waals surface area contributed by atoms with Gasteiger partial charge < -0.3 is 29.0 Å². The van der Waals surface area contributed by atoms with Crippen molar-refractivity contribution in [2.24, 2.45) is 0 Å². The maximum absolute atomic E-state index is 15.6. The van der Waals surface area contributed by atoms with Crippen LogP contribution in [0.3, 0.4) is 0 Å². The minimum absolute atomic E-state index is 0.0878. The highest BCUT2D eigenvalue weighted by atomic mass is 32.2. The van der Waals surface area contributed by atoms with Crippen molar-refractivity contribution in [3.8, 4) is 11.5 Å². The van der Waals surface area contributed by atoms with Crippen molar-refractivity contribution in [3.05, 3.63) is 84.2 Å². The van der Waals surface area contributed by atoms with Crippen molar-refractivity contribution < 1.29 is 41.0 Å². The largest absolute Gasteiger partial charge is 0.450 e. The third kappa shape index (κ3) is 10.4. The quantitative estimate of drug-likeness (QED) is 0.111. The summed E-state index contributed by atoms with van der Waals surface area (Å²) in [5, 5.41) is 2.42. The van der Waals surface area contributed by atoms with Crippen LogP contribution in [0.2, 0.25) is 25.7 Å². The summed E-state index contributed by atoms with van der Waals surface area (Å²) in [4.78, 5) is 32.8. The number of piperidine rings is 1. The number of halogens is 2. The normalized spacial score (nSPS) is 15.0. The first-order chi connectivity index (χ1) is 24.9. The third-order valence-corrected chi connectivity index (χ3v) is 12.8.